The molecule has 0 amide bonds. The molecule has 1 aliphatic rings. The lowest BCUT2D eigenvalue weighted by Gasteiger charge is -2.30. The highest BCUT2D eigenvalue weighted by molar-refractivity contribution is 6.00. The molecular formula is C16H20N2O. The summed E-state index contributed by atoms with van der Waals surface area (Å²) >= 11 is 0. The van der Waals surface area contributed by atoms with Gasteiger partial charge in [-0.05, 0) is 57.7 Å². The van der Waals surface area contributed by atoms with Gasteiger partial charge in [-0.2, -0.15) is 5.26 Å². The van der Waals surface area contributed by atoms with Crippen molar-refractivity contribution >= 4 is 11.5 Å². The highest BCUT2D eigenvalue weighted by atomic mass is 16.1. The second-order valence-corrected chi connectivity index (χ2v) is 5.59. The minimum absolute atomic E-state index is 0.0564. The number of rotatable bonds is 5. The monoisotopic (exact) mass is 256 g/mol. The molecule has 100 valence electrons. The van der Waals surface area contributed by atoms with E-state index < -0.39 is 0 Å². The molecule has 1 aliphatic carbocycles. The molecule has 0 radical (unpaired) electrons. The van der Waals surface area contributed by atoms with Crippen LogP contribution in [-0.4, -0.2) is 18.4 Å². The molecule has 0 spiro atoms. The molecule has 1 aromatic carbocycles. The van der Waals surface area contributed by atoms with Gasteiger partial charge >= 0.3 is 0 Å². The predicted octanol–water partition coefficient (Wildman–Crippen LogP) is 3.39. The van der Waals surface area contributed by atoms with E-state index in [0.717, 1.165) is 18.2 Å². The van der Waals surface area contributed by atoms with Crippen LogP contribution in [0.5, 0.6) is 0 Å². The zero-order valence-corrected chi connectivity index (χ0v) is 11.8. The maximum absolute atomic E-state index is 11.8. The van der Waals surface area contributed by atoms with Gasteiger partial charge in [0.25, 0.3) is 0 Å². The van der Waals surface area contributed by atoms with Gasteiger partial charge in [-0.3, -0.25) is 4.79 Å². The Morgan fingerprint density at radius 3 is 2.63 bits per heavy atom. The van der Waals surface area contributed by atoms with Crippen molar-refractivity contribution < 1.29 is 4.79 Å². The van der Waals surface area contributed by atoms with Gasteiger partial charge in [-0.1, -0.05) is 0 Å². The largest absolute Gasteiger partial charge is 0.368 e. The van der Waals surface area contributed by atoms with Gasteiger partial charge in [0.1, 0.15) is 0 Å². The number of nitrogens with zero attached hydrogens (tertiary/aromatic N) is 2. The summed E-state index contributed by atoms with van der Waals surface area (Å²) in [6.45, 7) is 6.82. The number of anilines is 1. The fourth-order valence-electron chi connectivity index (χ4n) is 2.30. The number of nitriles is 1. The molecule has 0 aromatic heterocycles. The van der Waals surface area contributed by atoms with Crippen LogP contribution in [0.25, 0.3) is 0 Å². The summed E-state index contributed by atoms with van der Waals surface area (Å²) in [4.78, 5) is 14.0. The second kappa shape index (κ2) is 5.44. The van der Waals surface area contributed by atoms with Crippen LogP contribution in [0.4, 0.5) is 5.69 Å². The molecule has 3 nitrogen and oxygen atoms in total. The predicted molar refractivity (Wildman–Crippen MR) is 76.4 cm³/mol. The Bertz CT molecular complexity index is 524. The summed E-state index contributed by atoms with van der Waals surface area (Å²) in [6.07, 6.45) is 2.55. The molecule has 0 atom stereocenters. The number of benzene rings is 1. The molecule has 19 heavy (non-hydrogen) atoms. The SMILES string of the molecule is CC(=O)c1ccc(C#N)cc1N(CC1CC1)C(C)C. The maximum atomic E-state index is 11.8. The third-order valence-electron chi connectivity index (χ3n) is 3.59. The zero-order chi connectivity index (χ0) is 14.0. The van der Waals surface area contributed by atoms with Crippen LogP contribution in [0.1, 0.15) is 49.5 Å². The average Bonchev–Trinajstić information content (AvgIpc) is 3.18. The molecule has 2 rings (SSSR count). The first-order valence-corrected chi connectivity index (χ1v) is 6.84. The first-order chi connectivity index (χ1) is 9.02. The van der Waals surface area contributed by atoms with E-state index in [1.165, 1.54) is 12.8 Å². The van der Waals surface area contributed by atoms with E-state index in [1.54, 1.807) is 19.1 Å². The van der Waals surface area contributed by atoms with E-state index in [1.807, 2.05) is 6.07 Å². The number of hydrogen-bond acceptors (Lipinski definition) is 3. The van der Waals surface area contributed by atoms with Crippen molar-refractivity contribution in [1.82, 2.24) is 0 Å². The van der Waals surface area contributed by atoms with E-state index in [0.29, 0.717) is 17.2 Å². The van der Waals surface area contributed by atoms with Crippen LogP contribution in [0.3, 0.4) is 0 Å². The van der Waals surface area contributed by atoms with E-state index in [2.05, 4.69) is 24.8 Å². The third-order valence-corrected chi connectivity index (χ3v) is 3.59. The fourth-order valence-corrected chi connectivity index (χ4v) is 2.30. The van der Waals surface area contributed by atoms with Gasteiger partial charge in [0.05, 0.1) is 11.6 Å². The van der Waals surface area contributed by atoms with Crippen LogP contribution in [0.15, 0.2) is 18.2 Å². The van der Waals surface area contributed by atoms with Gasteiger partial charge < -0.3 is 4.90 Å². The quantitative estimate of drug-likeness (QED) is 0.758. The molecule has 0 N–H and O–H groups in total. The molecule has 0 saturated heterocycles. The molecule has 0 unspecified atom stereocenters. The van der Waals surface area contributed by atoms with Crippen molar-refractivity contribution in [2.45, 2.75) is 39.7 Å². The number of ketones is 1. The van der Waals surface area contributed by atoms with Crippen molar-refractivity contribution in [1.29, 1.82) is 5.26 Å². The summed E-state index contributed by atoms with van der Waals surface area (Å²) in [7, 11) is 0. The lowest BCUT2D eigenvalue weighted by atomic mass is 10.0. The number of carbonyl (C=O) groups is 1. The van der Waals surface area contributed by atoms with Crippen molar-refractivity contribution in [2.24, 2.45) is 5.92 Å². The Morgan fingerprint density at radius 2 is 2.16 bits per heavy atom. The summed E-state index contributed by atoms with van der Waals surface area (Å²) in [5.74, 6) is 0.800. The summed E-state index contributed by atoms with van der Waals surface area (Å²) in [6, 6.07) is 7.83. The molecule has 1 saturated carbocycles. The Kier molecular flexibility index (Phi) is 3.90. The van der Waals surface area contributed by atoms with Crippen LogP contribution < -0.4 is 4.90 Å². The summed E-state index contributed by atoms with van der Waals surface area (Å²) in [5.41, 5.74) is 2.24. The Balaban J connectivity index is 2.42. The van der Waals surface area contributed by atoms with E-state index >= 15 is 0 Å². The van der Waals surface area contributed by atoms with Gasteiger partial charge in [-0.25, -0.2) is 0 Å². The lowest BCUT2D eigenvalue weighted by molar-refractivity contribution is 0.101. The van der Waals surface area contributed by atoms with E-state index in [-0.39, 0.29) is 5.78 Å². The average molecular weight is 256 g/mol. The molecule has 3 heteroatoms. The zero-order valence-electron chi connectivity index (χ0n) is 11.8. The molecule has 1 aromatic rings. The van der Waals surface area contributed by atoms with Gasteiger partial charge in [0, 0.05) is 23.8 Å². The smallest absolute Gasteiger partial charge is 0.161 e. The topological polar surface area (TPSA) is 44.1 Å². The minimum Gasteiger partial charge on any atom is -0.368 e. The van der Waals surface area contributed by atoms with Crippen LogP contribution in [0, 0.1) is 17.2 Å². The number of Topliss-reactive ketones (excluding diaryl/α,β-unsaturated/α-hetero) is 1. The Labute approximate surface area is 114 Å². The Morgan fingerprint density at radius 1 is 1.47 bits per heavy atom. The molecule has 1 fully saturated rings. The third kappa shape index (κ3) is 3.14. The molecule has 0 bridgehead atoms. The first-order valence-electron chi connectivity index (χ1n) is 6.84. The van der Waals surface area contributed by atoms with Crippen LogP contribution in [0.2, 0.25) is 0 Å². The van der Waals surface area contributed by atoms with E-state index in [9.17, 15) is 4.79 Å². The normalized spacial score (nSPS) is 14.3. The number of carbonyl (C=O) groups excluding carboxylic acids is 1. The molecule has 0 heterocycles. The van der Waals surface area contributed by atoms with Crippen LogP contribution >= 0.6 is 0 Å². The highest BCUT2D eigenvalue weighted by Crippen LogP contribution is 2.34. The fraction of sp³-hybridized carbons (Fsp3) is 0.500. The lowest BCUT2D eigenvalue weighted by Crippen LogP contribution is -2.34. The van der Waals surface area contributed by atoms with Crippen molar-refractivity contribution in [3.63, 3.8) is 0 Å². The highest BCUT2D eigenvalue weighted by Gasteiger charge is 2.27. The van der Waals surface area contributed by atoms with Gasteiger partial charge in [0.15, 0.2) is 5.78 Å². The summed E-state index contributed by atoms with van der Waals surface area (Å²) in [5, 5.41) is 9.05. The second-order valence-electron chi connectivity index (χ2n) is 5.59. The number of hydrogen-bond donors (Lipinski definition) is 0. The van der Waals surface area contributed by atoms with Crippen molar-refractivity contribution in [2.75, 3.05) is 11.4 Å². The standard InChI is InChI=1S/C16H20N2O/c1-11(2)18(10-13-4-5-13)16-8-14(9-17)6-7-15(16)12(3)19/h6-8,11,13H,4-5,10H2,1-3H3. The summed E-state index contributed by atoms with van der Waals surface area (Å²) < 4.78 is 0. The molecular weight excluding hydrogens is 236 g/mol. The minimum atomic E-state index is 0.0564. The van der Waals surface area contributed by atoms with Crippen molar-refractivity contribution in [3.8, 4) is 6.07 Å². The first kappa shape index (κ1) is 13.6. The van der Waals surface area contributed by atoms with Gasteiger partial charge in [-0.15, -0.1) is 0 Å². The van der Waals surface area contributed by atoms with Gasteiger partial charge in [0.2, 0.25) is 0 Å². The molecule has 0 aliphatic heterocycles. The Hall–Kier alpha value is -1.82. The van der Waals surface area contributed by atoms with Crippen LogP contribution in [-0.2, 0) is 0 Å². The van der Waals surface area contributed by atoms with E-state index in [4.69, 9.17) is 5.26 Å². The van der Waals surface area contributed by atoms with Crippen molar-refractivity contribution in [3.05, 3.63) is 29.3 Å². The maximum Gasteiger partial charge on any atom is 0.161 e.